The van der Waals surface area contributed by atoms with E-state index in [-0.39, 0.29) is 18.7 Å². The molecule has 166 valence electrons. The Bertz CT molecular complexity index is 724. The number of aliphatic carboxylic acids is 1. The third-order valence-corrected chi connectivity index (χ3v) is 5.53. The Labute approximate surface area is 178 Å². The Morgan fingerprint density at radius 1 is 1.27 bits per heavy atom. The molecule has 1 aromatic rings. The van der Waals surface area contributed by atoms with Crippen LogP contribution in [0, 0.1) is 5.92 Å². The number of nitrogens with zero attached hydrogens (tertiary/aromatic N) is 1. The van der Waals surface area contributed by atoms with Gasteiger partial charge in [0.2, 0.25) is 0 Å². The third kappa shape index (κ3) is 6.45. The summed E-state index contributed by atoms with van der Waals surface area (Å²) in [5.74, 6) is -1.27. The molecule has 0 spiro atoms. The van der Waals surface area contributed by atoms with Crippen LogP contribution in [-0.2, 0) is 16.1 Å². The number of hydrogen-bond acceptors (Lipinski definition) is 6. The number of piperidine rings is 1. The summed E-state index contributed by atoms with van der Waals surface area (Å²) in [5.41, 5.74) is -1.28. The maximum atomic E-state index is 12.5. The summed E-state index contributed by atoms with van der Waals surface area (Å²) in [6.07, 6.45) is -0.0267. The minimum Gasteiger partial charge on any atom is -0.479 e. The van der Waals surface area contributed by atoms with Crippen LogP contribution >= 0.6 is 0 Å². The Morgan fingerprint density at radius 2 is 1.90 bits per heavy atom. The van der Waals surface area contributed by atoms with Gasteiger partial charge in [0.05, 0.1) is 0 Å². The minimum absolute atomic E-state index is 0.139. The van der Waals surface area contributed by atoms with Crippen molar-refractivity contribution in [2.75, 3.05) is 6.54 Å². The molecule has 1 heterocycles. The van der Waals surface area contributed by atoms with Gasteiger partial charge in [0.25, 0.3) is 0 Å². The number of nitrogens with one attached hydrogen (secondary N) is 1. The van der Waals surface area contributed by atoms with E-state index in [9.17, 15) is 24.7 Å². The van der Waals surface area contributed by atoms with Crippen molar-refractivity contribution in [1.29, 1.82) is 0 Å². The van der Waals surface area contributed by atoms with Gasteiger partial charge in [-0.25, -0.2) is 9.59 Å². The summed E-state index contributed by atoms with van der Waals surface area (Å²) in [4.78, 5) is 27.0. The topological polar surface area (TPSA) is 119 Å². The van der Waals surface area contributed by atoms with E-state index < -0.39 is 36.4 Å². The maximum Gasteiger partial charge on any atom is 0.451 e. The first-order valence-corrected chi connectivity index (χ1v) is 10.3. The van der Waals surface area contributed by atoms with Gasteiger partial charge in [0.15, 0.2) is 5.54 Å². The van der Waals surface area contributed by atoms with Crippen molar-refractivity contribution in [3.8, 4) is 0 Å². The number of amides is 1. The fraction of sp³-hybridized carbons (Fsp3) is 0.619. The van der Waals surface area contributed by atoms with Crippen molar-refractivity contribution >= 4 is 19.2 Å². The predicted molar refractivity (Wildman–Crippen MR) is 114 cm³/mol. The van der Waals surface area contributed by atoms with Crippen molar-refractivity contribution in [1.82, 2.24) is 10.2 Å². The van der Waals surface area contributed by atoms with Crippen LogP contribution < -0.4 is 5.32 Å². The van der Waals surface area contributed by atoms with Crippen molar-refractivity contribution in [2.24, 2.45) is 5.92 Å². The maximum absolute atomic E-state index is 12.5. The summed E-state index contributed by atoms with van der Waals surface area (Å²) in [6.45, 7) is 8.07. The van der Waals surface area contributed by atoms with Crippen LogP contribution in [0.3, 0.4) is 0 Å². The summed E-state index contributed by atoms with van der Waals surface area (Å²) in [6, 6.07) is 9.20. The molecule has 1 fully saturated rings. The zero-order valence-corrected chi connectivity index (χ0v) is 18.2. The molecule has 4 N–H and O–H groups in total. The van der Waals surface area contributed by atoms with Crippen LogP contribution in [0.1, 0.15) is 46.1 Å². The first kappa shape index (κ1) is 24.2. The molecule has 0 saturated carbocycles. The lowest BCUT2D eigenvalue weighted by atomic mass is 9.72. The number of carbonyl (C=O) groups is 2. The van der Waals surface area contributed by atoms with Crippen molar-refractivity contribution in [3.63, 3.8) is 0 Å². The van der Waals surface area contributed by atoms with Gasteiger partial charge in [0, 0.05) is 19.1 Å². The molecule has 0 aliphatic carbocycles. The zero-order valence-electron chi connectivity index (χ0n) is 18.2. The van der Waals surface area contributed by atoms with Gasteiger partial charge >= 0.3 is 19.2 Å². The highest BCUT2D eigenvalue weighted by Gasteiger charge is 2.52. The highest BCUT2D eigenvalue weighted by atomic mass is 16.6. The molecule has 0 aromatic heterocycles. The van der Waals surface area contributed by atoms with Crippen LogP contribution in [0.5, 0.6) is 0 Å². The number of likely N-dealkylation sites (tertiary alicyclic amines) is 1. The van der Waals surface area contributed by atoms with Crippen LogP contribution in [0.2, 0.25) is 6.32 Å². The minimum atomic E-state index is -1.56. The first-order chi connectivity index (χ1) is 13.9. The monoisotopic (exact) mass is 420 g/mol. The SMILES string of the molecule is C[C@@H]1N(Cc2ccccc2)C[C@@H](CCB(O)O)C[C@]1(NC(=O)OC(C)(C)C)C(=O)O. The van der Waals surface area contributed by atoms with E-state index in [2.05, 4.69) is 5.32 Å². The van der Waals surface area contributed by atoms with Gasteiger partial charge in [0.1, 0.15) is 5.60 Å². The lowest BCUT2D eigenvalue weighted by molar-refractivity contribution is -0.152. The smallest absolute Gasteiger partial charge is 0.451 e. The van der Waals surface area contributed by atoms with Crippen LogP contribution in [0.4, 0.5) is 4.79 Å². The second kappa shape index (κ2) is 9.81. The van der Waals surface area contributed by atoms with E-state index in [4.69, 9.17) is 4.74 Å². The molecule has 1 aliphatic heterocycles. The largest absolute Gasteiger partial charge is 0.479 e. The van der Waals surface area contributed by atoms with Gasteiger partial charge in [-0.15, -0.1) is 0 Å². The molecular weight excluding hydrogens is 387 g/mol. The normalized spacial score (nSPS) is 24.9. The van der Waals surface area contributed by atoms with Crippen LogP contribution in [0.15, 0.2) is 30.3 Å². The summed E-state index contributed by atoms with van der Waals surface area (Å²) >= 11 is 0. The molecule has 3 atom stereocenters. The number of rotatable bonds is 7. The molecule has 9 heteroatoms. The first-order valence-electron chi connectivity index (χ1n) is 10.3. The Hall–Kier alpha value is -2.10. The quantitative estimate of drug-likeness (QED) is 0.499. The fourth-order valence-corrected chi connectivity index (χ4v) is 4.05. The summed E-state index contributed by atoms with van der Waals surface area (Å²) < 4.78 is 5.34. The van der Waals surface area contributed by atoms with E-state index in [1.165, 1.54) is 0 Å². The number of carboxylic acid groups (broad SMARTS) is 1. The molecule has 2 rings (SSSR count). The predicted octanol–water partition coefficient (Wildman–Crippen LogP) is 2.11. The van der Waals surface area contributed by atoms with Crippen molar-refractivity contribution < 1.29 is 29.5 Å². The Balaban J connectivity index is 2.32. The number of alkyl carbamates (subject to hydrolysis) is 1. The molecule has 1 amide bonds. The lowest BCUT2D eigenvalue weighted by Gasteiger charge is -2.49. The van der Waals surface area contributed by atoms with E-state index in [0.717, 1.165) is 5.56 Å². The van der Waals surface area contributed by atoms with Gasteiger partial charge < -0.3 is 25.2 Å². The molecule has 0 unspecified atom stereocenters. The lowest BCUT2D eigenvalue weighted by Crippen LogP contribution is -2.69. The molecule has 8 nitrogen and oxygen atoms in total. The highest BCUT2D eigenvalue weighted by molar-refractivity contribution is 6.40. The van der Waals surface area contributed by atoms with Crippen molar-refractivity contribution in [3.05, 3.63) is 35.9 Å². The molecular formula is C21H33BN2O6. The number of carboxylic acids is 1. The third-order valence-electron chi connectivity index (χ3n) is 5.53. The number of carbonyl (C=O) groups excluding carboxylic acids is 1. The van der Waals surface area contributed by atoms with Crippen LogP contribution in [-0.4, -0.2) is 63.0 Å². The molecule has 0 radical (unpaired) electrons. The second-order valence-corrected chi connectivity index (χ2v) is 9.12. The van der Waals surface area contributed by atoms with E-state index >= 15 is 0 Å². The molecule has 0 bridgehead atoms. The number of ether oxygens (including phenoxy) is 1. The standard InChI is InChI=1S/C21H33BN2O6/c1-15-21(18(25)26,23-19(27)30-20(2,3)4)12-17(10-11-22(28)29)14-24(15)13-16-8-6-5-7-9-16/h5-9,15,17,28-29H,10-14H2,1-4H3,(H,23,27)(H,25,26)/t15-,17-,21+/m0/s1. The molecule has 1 saturated heterocycles. The van der Waals surface area contributed by atoms with Gasteiger partial charge in [-0.2, -0.15) is 0 Å². The van der Waals surface area contributed by atoms with Crippen molar-refractivity contribution in [2.45, 2.75) is 70.6 Å². The Kier molecular flexibility index (Phi) is 7.90. The second-order valence-electron chi connectivity index (χ2n) is 9.12. The average Bonchev–Trinajstić information content (AvgIpc) is 2.62. The van der Waals surface area contributed by atoms with E-state index in [1.54, 1.807) is 27.7 Å². The van der Waals surface area contributed by atoms with Crippen LogP contribution in [0.25, 0.3) is 0 Å². The Morgan fingerprint density at radius 3 is 2.43 bits per heavy atom. The van der Waals surface area contributed by atoms with Gasteiger partial charge in [-0.05, 0) is 51.9 Å². The van der Waals surface area contributed by atoms with Gasteiger partial charge in [-0.1, -0.05) is 36.8 Å². The zero-order chi connectivity index (χ0) is 22.5. The molecule has 30 heavy (non-hydrogen) atoms. The molecule has 1 aliphatic rings. The van der Waals surface area contributed by atoms with E-state index in [1.807, 2.05) is 35.2 Å². The highest BCUT2D eigenvalue weighted by Crippen LogP contribution is 2.35. The van der Waals surface area contributed by atoms with E-state index in [0.29, 0.717) is 19.5 Å². The summed E-state index contributed by atoms with van der Waals surface area (Å²) in [7, 11) is -1.45. The summed E-state index contributed by atoms with van der Waals surface area (Å²) in [5, 5.41) is 31.4. The van der Waals surface area contributed by atoms with Gasteiger partial charge in [-0.3, -0.25) is 4.90 Å². The molecule has 1 aromatic carbocycles. The number of hydrogen-bond donors (Lipinski definition) is 4. The number of benzene rings is 1. The fourth-order valence-electron chi connectivity index (χ4n) is 4.05. The average molecular weight is 420 g/mol.